The molecule has 0 aliphatic carbocycles. The Morgan fingerprint density at radius 2 is 2.14 bits per heavy atom. The van der Waals surface area contributed by atoms with Crippen LogP contribution in [0, 0.1) is 0 Å². The van der Waals surface area contributed by atoms with E-state index in [4.69, 9.17) is 9.95 Å². The fourth-order valence-electron chi connectivity index (χ4n) is 1.22. The zero-order valence-electron chi connectivity index (χ0n) is 7.29. The zero-order valence-corrected chi connectivity index (χ0v) is 7.29. The Labute approximate surface area is 80.4 Å². The molecule has 0 aliphatic heterocycles. The number of hydrogen-bond acceptors (Lipinski definition) is 2. The van der Waals surface area contributed by atoms with Gasteiger partial charge in [0.1, 0.15) is 5.76 Å². The molecule has 1 aromatic heterocycles. The van der Waals surface area contributed by atoms with Crippen LogP contribution in [0.5, 0.6) is 0 Å². The number of furan rings is 1. The first-order valence-electron chi connectivity index (χ1n) is 4.09. The lowest BCUT2D eigenvalue weighted by Crippen LogP contribution is -1.71. The predicted molar refractivity (Wildman–Crippen MR) is 53.0 cm³/mol. The normalized spacial score (nSPS) is 9.43. The molecule has 1 heterocycles. The van der Waals surface area contributed by atoms with Crippen LogP contribution in [0.2, 0.25) is 0 Å². The van der Waals surface area contributed by atoms with Gasteiger partial charge in [-0.2, -0.15) is 0 Å². The van der Waals surface area contributed by atoms with Gasteiger partial charge in [0, 0.05) is 16.2 Å². The molecule has 0 amide bonds. The third-order valence-corrected chi connectivity index (χ3v) is 1.81. The van der Waals surface area contributed by atoms with Gasteiger partial charge in [0.05, 0.1) is 6.26 Å². The Balaban J connectivity index is 2.45. The van der Waals surface area contributed by atoms with E-state index < -0.39 is 0 Å². The van der Waals surface area contributed by atoms with Gasteiger partial charge in [0.15, 0.2) is 0 Å². The Kier molecular flexibility index (Phi) is 2.21. The number of benzene rings is 1. The molecule has 14 heavy (non-hydrogen) atoms. The van der Waals surface area contributed by atoms with E-state index >= 15 is 0 Å². The van der Waals surface area contributed by atoms with Crippen LogP contribution in [-0.2, 0) is 0 Å². The largest absolute Gasteiger partial charge is 0.464 e. The number of hydrogen-bond donors (Lipinski definition) is 0. The van der Waals surface area contributed by atoms with Gasteiger partial charge >= 0.3 is 0 Å². The van der Waals surface area contributed by atoms with Crippen molar-refractivity contribution in [2.45, 2.75) is 0 Å². The van der Waals surface area contributed by atoms with Gasteiger partial charge in [-0.25, -0.2) is 0 Å². The maximum absolute atomic E-state index is 8.28. The summed E-state index contributed by atoms with van der Waals surface area (Å²) in [5, 5.41) is 3.52. The zero-order chi connectivity index (χ0) is 9.80. The van der Waals surface area contributed by atoms with E-state index in [9.17, 15) is 0 Å². The second-order valence-corrected chi connectivity index (χ2v) is 2.72. The van der Waals surface area contributed by atoms with Gasteiger partial charge in [-0.3, -0.25) is 0 Å². The Morgan fingerprint density at radius 1 is 1.21 bits per heavy atom. The molecule has 0 unspecified atom stereocenters. The van der Waals surface area contributed by atoms with E-state index in [0.717, 1.165) is 11.3 Å². The van der Waals surface area contributed by atoms with Gasteiger partial charge in [-0.1, -0.05) is 23.3 Å². The molecule has 4 heteroatoms. The van der Waals surface area contributed by atoms with Crippen LogP contribution in [0.4, 0.5) is 5.69 Å². The van der Waals surface area contributed by atoms with E-state index in [-0.39, 0.29) is 0 Å². The van der Waals surface area contributed by atoms with Crippen LogP contribution >= 0.6 is 0 Å². The molecular weight excluding hydrogens is 178 g/mol. The summed E-state index contributed by atoms with van der Waals surface area (Å²) in [5.74, 6) is 0.764. The van der Waals surface area contributed by atoms with Crippen molar-refractivity contribution < 1.29 is 4.42 Å². The molecule has 1 aromatic carbocycles. The molecule has 2 rings (SSSR count). The van der Waals surface area contributed by atoms with Crippen molar-refractivity contribution in [3.05, 3.63) is 53.1 Å². The Hall–Kier alpha value is -2.19. The van der Waals surface area contributed by atoms with E-state index in [0.29, 0.717) is 5.69 Å². The molecule has 0 aliphatic rings. The third kappa shape index (κ3) is 1.60. The highest BCUT2D eigenvalue weighted by Gasteiger charge is 1.99. The van der Waals surface area contributed by atoms with Crippen LogP contribution in [0.25, 0.3) is 21.8 Å². The maximum Gasteiger partial charge on any atom is 0.133 e. The average molecular weight is 185 g/mol. The summed E-state index contributed by atoms with van der Waals surface area (Å²) in [5.41, 5.74) is 9.76. The molecule has 4 nitrogen and oxygen atoms in total. The Bertz CT molecular complexity index is 470. The highest BCUT2D eigenvalue weighted by molar-refractivity contribution is 5.62. The average Bonchev–Trinajstić information content (AvgIpc) is 2.71. The molecule has 68 valence electrons. The van der Waals surface area contributed by atoms with Crippen molar-refractivity contribution in [3.8, 4) is 11.3 Å². The molecule has 0 fully saturated rings. The summed E-state index contributed by atoms with van der Waals surface area (Å²) in [7, 11) is 0. The summed E-state index contributed by atoms with van der Waals surface area (Å²) in [4.78, 5) is 2.72. The van der Waals surface area contributed by atoms with Crippen molar-refractivity contribution in [1.82, 2.24) is 0 Å². The topological polar surface area (TPSA) is 61.9 Å². The molecule has 0 radical (unpaired) electrons. The van der Waals surface area contributed by atoms with Crippen LogP contribution in [0.15, 0.2) is 52.2 Å². The Morgan fingerprint density at radius 3 is 2.86 bits per heavy atom. The number of azide groups is 1. The van der Waals surface area contributed by atoms with Crippen LogP contribution in [0.1, 0.15) is 0 Å². The second-order valence-electron chi connectivity index (χ2n) is 2.72. The van der Waals surface area contributed by atoms with Gasteiger partial charge in [0.25, 0.3) is 0 Å². The van der Waals surface area contributed by atoms with Crippen LogP contribution in [0.3, 0.4) is 0 Å². The monoisotopic (exact) mass is 185 g/mol. The minimum Gasteiger partial charge on any atom is -0.464 e. The van der Waals surface area contributed by atoms with Crippen LogP contribution < -0.4 is 0 Å². The first-order chi connectivity index (χ1) is 6.90. The molecule has 0 spiro atoms. The SMILES string of the molecule is [N-]=[N+]=Nc1cccc(-c2ccco2)c1. The quantitative estimate of drug-likeness (QED) is 0.397. The first kappa shape index (κ1) is 8.41. The number of rotatable bonds is 2. The maximum atomic E-state index is 8.28. The highest BCUT2D eigenvalue weighted by atomic mass is 16.3. The lowest BCUT2D eigenvalue weighted by molar-refractivity contribution is 0.582. The minimum absolute atomic E-state index is 0.585. The van der Waals surface area contributed by atoms with Crippen LogP contribution in [-0.4, -0.2) is 0 Å². The van der Waals surface area contributed by atoms with Crippen molar-refractivity contribution in [2.24, 2.45) is 5.11 Å². The smallest absolute Gasteiger partial charge is 0.133 e. The summed E-state index contributed by atoms with van der Waals surface area (Å²) in [6, 6.07) is 10.9. The summed E-state index contributed by atoms with van der Waals surface area (Å²) >= 11 is 0. The minimum atomic E-state index is 0.585. The third-order valence-electron chi connectivity index (χ3n) is 1.81. The predicted octanol–water partition coefficient (Wildman–Crippen LogP) is 3.89. The molecule has 0 saturated heterocycles. The molecule has 0 saturated carbocycles. The molecule has 0 atom stereocenters. The standard InChI is InChI=1S/C10H7N3O/c11-13-12-9-4-1-3-8(7-9)10-5-2-6-14-10/h1-7H. The molecular formula is C10H7N3O. The van der Waals surface area contributed by atoms with Gasteiger partial charge in [-0.15, -0.1) is 0 Å². The van der Waals surface area contributed by atoms with Crippen molar-refractivity contribution in [2.75, 3.05) is 0 Å². The van der Waals surface area contributed by atoms with Gasteiger partial charge < -0.3 is 4.42 Å². The summed E-state index contributed by atoms with van der Waals surface area (Å²) < 4.78 is 5.22. The fraction of sp³-hybridized carbons (Fsp3) is 0. The van der Waals surface area contributed by atoms with Crippen molar-refractivity contribution in [3.63, 3.8) is 0 Å². The van der Waals surface area contributed by atoms with E-state index in [1.807, 2.05) is 24.3 Å². The second kappa shape index (κ2) is 3.68. The van der Waals surface area contributed by atoms with E-state index in [1.54, 1.807) is 18.4 Å². The van der Waals surface area contributed by atoms with Crippen molar-refractivity contribution >= 4 is 5.69 Å². The first-order valence-corrected chi connectivity index (χ1v) is 4.09. The molecule has 0 N–H and O–H groups in total. The molecule has 0 bridgehead atoms. The summed E-state index contributed by atoms with van der Waals surface area (Å²) in [6.07, 6.45) is 1.61. The van der Waals surface area contributed by atoms with E-state index in [1.165, 1.54) is 0 Å². The van der Waals surface area contributed by atoms with Crippen molar-refractivity contribution in [1.29, 1.82) is 0 Å². The lowest BCUT2D eigenvalue weighted by Gasteiger charge is -1.96. The summed E-state index contributed by atoms with van der Waals surface area (Å²) in [6.45, 7) is 0. The van der Waals surface area contributed by atoms with Gasteiger partial charge in [-0.05, 0) is 23.7 Å². The fourth-order valence-corrected chi connectivity index (χ4v) is 1.22. The molecule has 2 aromatic rings. The number of nitrogens with zero attached hydrogens (tertiary/aromatic N) is 3. The van der Waals surface area contributed by atoms with Gasteiger partial charge in [0.2, 0.25) is 0 Å². The lowest BCUT2D eigenvalue weighted by atomic mass is 10.1. The van der Waals surface area contributed by atoms with E-state index in [2.05, 4.69) is 10.0 Å². The highest BCUT2D eigenvalue weighted by Crippen LogP contribution is 2.24.